The van der Waals surface area contributed by atoms with E-state index in [4.69, 9.17) is 0 Å². The first-order valence-electron chi connectivity index (χ1n) is 7.53. The molecule has 4 nitrogen and oxygen atoms in total. The molecule has 9 heteroatoms. The summed E-state index contributed by atoms with van der Waals surface area (Å²) in [5, 5.41) is 12.3. The van der Waals surface area contributed by atoms with Crippen LogP contribution in [-0.2, 0) is 12.6 Å². The Balaban J connectivity index is 1.94. The molecule has 3 rings (SSSR count). The lowest BCUT2D eigenvalue weighted by Gasteiger charge is -2.10. The summed E-state index contributed by atoms with van der Waals surface area (Å²) in [6.07, 6.45) is -1.23. The molecule has 2 N–H and O–H groups in total. The van der Waals surface area contributed by atoms with Crippen molar-refractivity contribution in [3.8, 4) is 11.3 Å². The van der Waals surface area contributed by atoms with Gasteiger partial charge in [-0.05, 0) is 30.3 Å². The Morgan fingerprint density at radius 3 is 2.50 bits per heavy atom. The minimum absolute atomic E-state index is 0.0734. The van der Waals surface area contributed by atoms with Crippen molar-refractivity contribution >= 4 is 22.2 Å². The van der Waals surface area contributed by atoms with E-state index in [-0.39, 0.29) is 12.3 Å². The Morgan fingerprint density at radius 2 is 1.85 bits per heavy atom. The number of pyridine rings is 1. The second kappa shape index (κ2) is 7.38. The number of thiazole rings is 1. The third kappa shape index (κ3) is 4.00. The summed E-state index contributed by atoms with van der Waals surface area (Å²) >= 11 is 1.21. The predicted octanol–water partition coefficient (Wildman–Crippen LogP) is 4.64. The van der Waals surface area contributed by atoms with E-state index >= 15 is 0 Å². The molecular weight excluding hydrogens is 370 g/mol. The lowest BCUT2D eigenvalue weighted by molar-refractivity contribution is -0.139. The molecule has 3 aromatic rings. The van der Waals surface area contributed by atoms with E-state index in [0.29, 0.717) is 23.3 Å². The number of hydrogen-bond donors (Lipinski definition) is 2. The van der Waals surface area contributed by atoms with E-state index in [9.17, 15) is 22.7 Å². The van der Waals surface area contributed by atoms with Gasteiger partial charge in [-0.25, -0.2) is 9.37 Å². The van der Waals surface area contributed by atoms with Crippen molar-refractivity contribution in [3.05, 3.63) is 59.0 Å². The van der Waals surface area contributed by atoms with Crippen molar-refractivity contribution in [2.45, 2.75) is 12.6 Å². The molecule has 136 valence electrons. The van der Waals surface area contributed by atoms with Crippen LogP contribution in [-0.4, -0.2) is 21.7 Å². The fraction of sp³-hybridized carbons (Fsp3) is 0.176. The molecule has 0 aliphatic rings. The van der Waals surface area contributed by atoms with Gasteiger partial charge in [0.2, 0.25) is 0 Å². The first kappa shape index (κ1) is 18.3. The van der Waals surface area contributed by atoms with Crippen LogP contribution >= 0.6 is 11.3 Å². The fourth-order valence-corrected chi connectivity index (χ4v) is 3.35. The van der Waals surface area contributed by atoms with Crippen LogP contribution in [0.2, 0.25) is 0 Å². The zero-order valence-corrected chi connectivity index (χ0v) is 14.0. The zero-order chi connectivity index (χ0) is 18.7. The summed E-state index contributed by atoms with van der Waals surface area (Å²) in [7, 11) is 0. The second-order valence-electron chi connectivity index (χ2n) is 5.32. The number of benzene rings is 1. The van der Waals surface area contributed by atoms with E-state index in [1.807, 2.05) is 0 Å². The van der Waals surface area contributed by atoms with E-state index in [1.165, 1.54) is 17.4 Å². The summed E-state index contributed by atoms with van der Waals surface area (Å²) in [5.74, 6) is -1.33. The molecule has 26 heavy (non-hydrogen) atoms. The SMILES string of the molecule is OCCc1sc(Nc2ccc(F)c(C(F)(F)F)c2)nc1-c1ccncc1. The second-order valence-corrected chi connectivity index (χ2v) is 6.40. The van der Waals surface area contributed by atoms with Crippen molar-refractivity contribution in [1.29, 1.82) is 0 Å². The minimum atomic E-state index is -4.78. The Labute approximate surface area is 150 Å². The standard InChI is InChI=1S/C17H13F4N3OS/c18-13-2-1-11(9-12(13)17(19,20)21)23-16-24-15(14(26-16)5-8-25)10-3-6-22-7-4-10/h1-4,6-7,9,25H,5,8H2,(H,23,24). The number of anilines is 2. The molecule has 0 amide bonds. The quantitative estimate of drug-likeness (QED) is 0.630. The van der Waals surface area contributed by atoms with Crippen LogP contribution in [0.25, 0.3) is 11.3 Å². The lowest BCUT2D eigenvalue weighted by Crippen LogP contribution is -2.08. The number of rotatable bonds is 5. The maximum atomic E-state index is 13.4. The van der Waals surface area contributed by atoms with Gasteiger partial charge < -0.3 is 10.4 Å². The first-order valence-corrected chi connectivity index (χ1v) is 8.35. The Hall–Kier alpha value is -2.52. The highest BCUT2D eigenvalue weighted by Gasteiger charge is 2.34. The number of aliphatic hydroxyl groups excluding tert-OH is 1. The lowest BCUT2D eigenvalue weighted by atomic mass is 10.1. The molecule has 1 aromatic carbocycles. The van der Waals surface area contributed by atoms with Gasteiger partial charge in [-0.15, -0.1) is 11.3 Å². The summed E-state index contributed by atoms with van der Waals surface area (Å²) in [6, 6.07) is 6.17. The summed E-state index contributed by atoms with van der Waals surface area (Å²) in [5.41, 5.74) is 0.128. The molecule has 0 atom stereocenters. The number of aliphatic hydroxyl groups is 1. The molecule has 0 saturated heterocycles. The molecule has 2 aromatic heterocycles. The molecule has 0 unspecified atom stereocenters. The van der Waals surface area contributed by atoms with Crippen molar-refractivity contribution < 1.29 is 22.7 Å². The number of alkyl halides is 3. The molecule has 2 heterocycles. The van der Waals surface area contributed by atoms with Gasteiger partial charge in [-0.2, -0.15) is 13.2 Å². The maximum absolute atomic E-state index is 13.4. The predicted molar refractivity (Wildman–Crippen MR) is 90.8 cm³/mol. The highest BCUT2D eigenvalue weighted by Crippen LogP contribution is 2.36. The Kier molecular flexibility index (Phi) is 5.19. The fourth-order valence-electron chi connectivity index (χ4n) is 2.36. The summed E-state index contributed by atoms with van der Waals surface area (Å²) in [4.78, 5) is 9.11. The van der Waals surface area contributed by atoms with Crippen LogP contribution in [0.4, 0.5) is 28.4 Å². The van der Waals surface area contributed by atoms with E-state index in [1.54, 1.807) is 24.5 Å². The molecule has 0 radical (unpaired) electrons. The van der Waals surface area contributed by atoms with Gasteiger partial charge in [0, 0.05) is 41.5 Å². The van der Waals surface area contributed by atoms with Gasteiger partial charge in [-0.1, -0.05) is 0 Å². The highest BCUT2D eigenvalue weighted by molar-refractivity contribution is 7.16. The third-order valence-corrected chi connectivity index (χ3v) is 4.54. The molecule has 0 aliphatic carbocycles. The Morgan fingerprint density at radius 1 is 1.12 bits per heavy atom. The average Bonchev–Trinajstić information content (AvgIpc) is 2.99. The number of halogens is 4. The minimum Gasteiger partial charge on any atom is -0.396 e. The summed E-state index contributed by atoms with van der Waals surface area (Å²) in [6.45, 7) is -0.0888. The van der Waals surface area contributed by atoms with Crippen molar-refractivity contribution in [3.63, 3.8) is 0 Å². The van der Waals surface area contributed by atoms with Gasteiger partial charge in [-0.3, -0.25) is 4.98 Å². The summed E-state index contributed by atoms with van der Waals surface area (Å²) < 4.78 is 51.9. The van der Waals surface area contributed by atoms with Crippen LogP contribution in [0, 0.1) is 5.82 Å². The monoisotopic (exact) mass is 383 g/mol. The van der Waals surface area contributed by atoms with Gasteiger partial charge in [0.1, 0.15) is 5.82 Å². The zero-order valence-electron chi connectivity index (χ0n) is 13.2. The van der Waals surface area contributed by atoms with Crippen molar-refractivity contribution in [2.24, 2.45) is 0 Å². The number of hydrogen-bond acceptors (Lipinski definition) is 5. The van der Waals surface area contributed by atoms with Crippen LogP contribution in [0.3, 0.4) is 0 Å². The van der Waals surface area contributed by atoms with Crippen LogP contribution in [0.15, 0.2) is 42.7 Å². The van der Waals surface area contributed by atoms with Gasteiger partial charge in [0.15, 0.2) is 5.13 Å². The largest absolute Gasteiger partial charge is 0.419 e. The van der Waals surface area contributed by atoms with E-state index in [2.05, 4.69) is 15.3 Å². The molecule has 0 spiro atoms. The first-order chi connectivity index (χ1) is 12.4. The van der Waals surface area contributed by atoms with Crippen LogP contribution in [0.5, 0.6) is 0 Å². The number of aromatic nitrogens is 2. The molecule has 0 aliphatic heterocycles. The molecule has 0 saturated carbocycles. The highest BCUT2D eigenvalue weighted by atomic mass is 32.1. The van der Waals surface area contributed by atoms with Crippen LogP contribution < -0.4 is 5.32 Å². The average molecular weight is 383 g/mol. The van der Waals surface area contributed by atoms with Crippen molar-refractivity contribution in [1.82, 2.24) is 9.97 Å². The van der Waals surface area contributed by atoms with Crippen LogP contribution in [0.1, 0.15) is 10.4 Å². The van der Waals surface area contributed by atoms with Crippen molar-refractivity contribution in [2.75, 3.05) is 11.9 Å². The molecule has 0 bridgehead atoms. The van der Waals surface area contributed by atoms with Gasteiger partial charge >= 0.3 is 6.18 Å². The topological polar surface area (TPSA) is 58.0 Å². The van der Waals surface area contributed by atoms with Gasteiger partial charge in [0.25, 0.3) is 0 Å². The molecular formula is C17H13F4N3OS. The maximum Gasteiger partial charge on any atom is 0.419 e. The third-order valence-electron chi connectivity index (χ3n) is 3.51. The number of nitrogens with one attached hydrogen (secondary N) is 1. The Bertz CT molecular complexity index is 897. The van der Waals surface area contributed by atoms with E-state index in [0.717, 1.165) is 16.5 Å². The number of nitrogens with zero attached hydrogens (tertiary/aromatic N) is 2. The van der Waals surface area contributed by atoms with Gasteiger partial charge in [0.05, 0.1) is 11.3 Å². The van der Waals surface area contributed by atoms with E-state index < -0.39 is 17.6 Å². The molecule has 0 fully saturated rings. The smallest absolute Gasteiger partial charge is 0.396 e. The normalized spacial score (nSPS) is 11.6.